The number of halogens is 1. The van der Waals surface area contributed by atoms with Crippen LogP contribution in [0.15, 0.2) is 33.6 Å². The predicted molar refractivity (Wildman–Crippen MR) is 129 cm³/mol. The predicted octanol–water partition coefficient (Wildman–Crippen LogP) is 5.33. The Labute approximate surface area is 193 Å². The molecule has 1 amide bonds. The van der Waals surface area contributed by atoms with Crippen LogP contribution in [0.1, 0.15) is 43.0 Å². The van der Waals surface area contributed by atoms with Gasteiger partial charge in [-0.2, -0.15) is 0 Å². The van der Waals surface area contributed by atoms with Crippen LogP contribution in [0, 0.1) is 0 Å². The summed E-state index contributed by atoms with van der Waals surface area (Å²) in [5.74, 6) is 1.99. The van der Waals surface area contributed by atoms with E-state index in [9.17, 15) is 4.79 Å². The average Bonchev–Trinajstić information content (AvgIpc) is 3.09. The number of nitrogens with two attached hydrogens (primary N) is 1. The number of thioether (sulfide) groups is 1. The number of benzene rings is 1. The van der Waals surface area contributed by atoms with Gasteiger partial charge in [-0.25, -0.2) is 9.97 Å². The van der Waals surface area contributed by atoms with E-state index in [1.54, 1.807) is 23.1 Å². The topological polar surface area (TPSA) is 72.1 Å². The first-order chi connectivity index (χ1) is 14.4. The molecule has 0 fully saturated rings. The molecule has 0 bridgehead atoms. The van der Waals surface area contributed by atoms with Crippen molar-refractivity contribution in [3.8, 4) is 0 Å². The number of nitrogens with zero attached hydrogens (tertiary/aromatic N) is 3. The van der Waals surface area contributed by atoms with Crippen LogP contribution in [-0.4, -0.2) is 28.5 Å². The summed E-state index contributed by atoms with van der Waals surface area (Å²) < 4.78 is 1.06. The lowest BCUT2D eigenvalue weighted by molar-refractivity contribution is -0.116. The highest BCUT2D eigenvalue weighted by Crippen LogP contribution is 2.40. The van der Waals surface area contributed by atoms with Gasteiger partial charge < -0.3 is 10.6 Å². The third-order valence-corrected chi connectivity index (χ3v) is 7.97. The Kier molecular flexibility index (Phi) is 6.65. The second-order valence-electron chi connectivity index (χ2n) is 7.79. The Morgan fingerprint density at radius 1 is 1.23 bits per heavy atom. The monoisotopic (exact) mass is 504 g/mol. The van der Waals surface area contributed by atoms with E-state index in [-0.39, 0.29) is 18.5 Å². The Morgan fingerprint density at radius 3 is 2.67 bits per heavy atom. The lowest BCUT2D eigenvalue weighted by Crippen LogP contribution is -2.39. The van der Waals surface area contributed by atoms with E-state index in [1.807, 2.05) is 17.0 Å². The van der Waals surface area contributed by atoms with E-state index in [4.69, 9.17) is 15.7 Å². The highest BCUT2D eigenvalue weighted by molar-refractivity contribution is 9.10. The number of carbonyl (C=O) groups excluding carboxylic acids is 1. The average molecular weight is 506 g/mol. The van der Waals surface area contributed by atoms with Crippen molar-refractivity contribution in [2.75, 3.05) is 11.4 Å². The molecule has 2 heterocycles. The van der Waals surface area contributed by atoms with Gasteiger partial charge in [-0.15, -0.1) is 23.1 Å². The highest BCUT2D eigenvalue weighted by atomic mass is 79.9. The summed E-state index contributed by atoms with van der Waals surface area (Å²) >= 11 is 6.99. The number of aryl methyl sites for hydroxylation is 2. The SMILES string of the molecule is CC(C)N(CC(N)=O)c1nc(CSc2ccc(Br)cc2)nc2sc3c(c12)CCCC3. The first-order valence-electron chi connectivity index (χ1n) is 10.2. The maximum Gasteiger partial charge on any atom is 0.237 e. The number of fused-ring (bicyclic) bond motifs is 3. The molecular formula is C22H25BrN4OS2. The van der Waals surface area contributed by atoms with Crippen LogP contribution in [0.4, 0.5) is 5.82 Å². The van der Waals surface area contributed by atoms with Gasteiger partial charge in [0.05, 0.1) is 17.7 Å². The Hall–Kier alpha value is -1.64. The highest BCUT2D eigenvalue weighted by Gasteiger charge is 2.25. The van der Waals surface area contributed by atoms with Gasteiger partial charge in [0, 0.05) is 20.3 Å². The molecule has 8 heteroatoms. The van der Waals surface area contributed by atoms with E-state index in [2.05, 4.69) is 41.9 Å². The van der Waals surface area contributed by atoms with E-state index >= 15 is 0 Å². The molecule has 0 radical (unpaired) electrons. The number of carbonyl (C=O) groups is 1. The van der Waals surface area contributed by atoms with Crippen molar-refractivity contribution < 1.29 is 4.79 Å². The van der Waals surface area contributed by atoms with Crippen LogP contribution >= 0.6 is 39.0 Å². The summed E-state index contributed by atoms with van der Waals surface area (Å²) in [4.78, 5) is 27.4. The summed E-state index contributed by atoms with van der Waals surface area (Å²) in [6.07, 6.45) is 4.58. The van der Waals surface area contributed by atoms with Crippen molar-refractivity contribution in [2.45, 2.75) is 56.2 Å². The van der Waals surface area contributed by atoms with Crippen LogP contribution in [0.2, 0.25) is 0 Å². The second-order valence-corrected chi connectivity index (χ2v) is 10.8. The number of primary amides is 1. The normalized spacial score (nSPS) is 13.6. The molecule has 158 valence electrons. The molecule has 0 spiro atoms. The molecule has 0 unspecified atom stereocenters. The molecule has 4 rings (SSSR count). The van der Waals surface area contributed by atoms with Crippen molar-refractivity contribution in [1.29, 1.82) is 0 Å². The molecule has 0 saturated carbocycles. The van der Waals surface area contributed by atoms with Crippen molar-refractivity contribution in [2.24, 2.45) is 5.73 Å². The van der Waals surface area contributed by atoms with Crippen LogP contribution in [0.5, 0.6) is 0 Å². The van der Waals surface area contributed by atoms with Gasteiger partial charge in [0.15, 0.2) is 0 Å². The van der Waals surface area contributed by atoms with Crippen LogP contribution in [0.3, 0.4) is 0 Å². The van der Waals surface area contributed by atoms with Gasteiger partial charge in [0.1, 0.15) is 16.5 Å². The van der Waals surface area contributed by atoms with E-state index in [0.29, 0.717) is 5.75 Å². The zero-order chi connectivity index (χ0) is 21.3. The van der Waals surface area contributed by atoms with Gasteiger partial charge >= 0.3 is 0 Å². The zero-order valence-corrected chi connectivity index (χ0v) is 20.4. The molecule has 3 aromatic rings. The van der Waals surface area contributed by atoms with Crippen molar-refractivity contribution >= 4 is 61.0 Å². The molecule has 5 nitrogen and oxygen atoms in total. The summed E-state index contributed by atoms with van der Waals surface area (Å²) in [5.41, 5.74) is 6.95. The third-order valence-electron chi connectivity index (χ3n) is 5.25. The fourth-order valence-corrected chi connectivity index (χ4v) is 6.09. The Bertz CT molecular complexity index is 1070. The molecule has 2 aromatic heterocycles. The fraction of sp³-hybridized carbons (Fsp3) is 0.409. The molecule has 1 aromatic carbocycles. The lowest BCUT2D eigenvalue weighted by Gasteiger charge is -2.28. The van der Waals surface area contributed by atoms with Crippen molar-refractivity contribution in [3.05, 3.63) is 45.0 Å². The third kappa shape index (κ3) is 4.65. The number of aromatic nitrogens is 2. The smallest absolute Gasteiger partial charge is 0.237 e. The number of rotatable bonds is 7. The summed E-state index contributed by atoms with van der Waals surface area (Å²) in [5, 5.41) is 1.13. The van der Waals surface area contributed by atoms with E-state index in [1.165, 1.54) is 28.2 Å². The van der Waals surface area contributed by atoms with Gasteiger partial charge in [0.25, 0.3) is 0 Å². The van der Waals surface area contributed by atoms with Crippen molar-refractivity contribution in [1.82, 2.24) is 9.97 Å². The Balaban J connectivity index is 1.76. The standard InChI is InChI=1S/C22H25BrN4OS2/c1-13(2)27(11-18(24)28)21-20-16-5-3-4-6-17(16)30-22(20)26-19(25-21)12-29-15-9-7-14(23)8-10-15/h7-10,13H,3-6,11-12H2,1-2H3,(H2,24,28). The van der Waals surface area contributed by atoms with Crippen molar-refractivity contribution in [3.63, 3.8) is 0 Å². The minimum Gasteiger partial charge on any atom is -0.368 e. The minimum atomic E-state index is -0.342. The van der Waals surface area contributed by atoms with Crippen LogP contribution < -0.4 is 10.6 Å². The number of hydrogen-bond donors (Lipinski definition) is 1. The van der Waals surface area contributed by atoms with Crippen LogP contribution in [0.25, 0.3) is 10.2 Å². The quantitative estimate of drug-likeness (QED) is 0.440. The molecule has 0 atom stereocenters. The lowest BCUT2D eigenvalue weighted by atomic mass is 9.96. The first kappa shape index (κ1) is 21.6. The molecule has 1 aliphatic rings. The van der Waals surface area contributed by atoms with E-state index in [0.717, 1.165) is 39.2 Å². The number of anilines is 1. The van der Waals surface area contributed by atoms with Crippen LogP contribution in [-0.2, 0) is 23.4 Å². The first-order valence-corrected chi connectivity index (χ1v) is 12.8. The van der Waals surface area contributed by atoms with Gasteiger partial charge in [0.2, 0.25) is 5.91 Å². The van der Waals surface area contributed by atoms with E-state index < -0.39 is 0 Å². The Morgan fingerprint density at radius 2 is 1.97 bits per heavy atom. The maximum atomic E-state index is 11.8. The number of amides is 1. The minimum absolute atomic E-state index is 0.113. The summed E-state index contributed by atoms with van der Waals surface area (Å²) in [6.45, 7) is 4.31. The fourth-order valence-electron chi connectivity index (χ4n) is 3.80. The molecule has 0 aliphatic heterocycles. The summed E-state index contributed by atoms with van der Waals surface area (Å²) in [7, 11) is 0. The molecule has 1 aliphatic carbocycles. The zero-order valence-electron chi connectivity index (χ0n) is 17.2. The van der Waals surface area contributed by atoms with Gasteiger partial charge in [-0.1, -0.05) is 15.9 Å². The number of thiophene rings is 1. The largest absolute Gasteiger partial charge is 0.368 e. The molecule has 30 heavy (non-hydrogen) atoms. The molecular weight excluding hydrogens is 480 g/mol. The summed E-state index contributed by atoms with van der Waals surface area (Å²) in [6, 6.07) is 8.37. The van der Waals surface area contributed by atoms with Gasteiger partial charge in [-0.05, 0) is 69.4 Å². The molecule has 0 saturated heterocycles. The molecule has 2 N–H and O–H groups in total. The van der Waals surface area contributed by atoms with Gasteiger partial charge in [-0.3, -0.25) is 4.79 Å². The number of hydrogen-bond acceptors (Lipinski definition) is 6. The maximum absolute atomic E-state index is 11.8. The second kappa shape index (κ2) is 9.24.